The molecule has 19 heavy (non-hydrogen) atoms. The van der Waals surface area contributed by atoms with Crippen LogP contribution in [0.5, 0.6) is 0 Å². The highest BCUT2D eigenvalue weighted by Crippen LogP contribution is 2.25. The lowest BCUT2D eigenvalue weighted by molar-refractivity contribution is -0.140. The zero-order valence-corrected chi connectivity index (χ0v) is 12.4. The number of hydrogen-bond donors (Lipinski definition) is 2. The molecule has 0 bridgehead atoms. The fourth-order valence-corrected chi connectivity index (χ4v) is 2.34. The van der Waals surface area contributed by atoms with Gasteiger partial charge in [0.25, 0.3) is 0 Å². The van der Waals surface area contributed by atoms with Crippen LogP contribution < -0.4 is 5.73 Å². The molecule has 6 nitrogen and oxygen atoms in total. The molecule has 3 N–H and O–H groups in total. The van der Waals surface area contributed by atoms with E-state index in [0.29, 0.717) is 25.6 Å². The van der Waals surface area contributed by atoms with E-state index in [1.807, 2.05) is 11.8 Å². The number of amidine groups is 1. The molecule has 1 aliphatic rings. The molecule has 1 fully saturated rings. The van der Waals surface area contributed by atoms with Crippen molar-refractivity contribution in [3.63, 3.8) is 0 Å². The number of oxime groups is 1. The van der Waals surface area contributed by atoms with Crippen molar-refractivity contribution < 1.29 is 10.0 Å². The van der Waals surface area contributed by atoms with Gasteiger partial charge < -0.3 is 15.8 Å². The second-order valence-corrected chi connectivity index (χ2v) is 5.59. The van der Waals surface area contributed by atoms with Gasteiger partial charge in [0.1, 0.15) is 5.41 Å². The third-order valence-corrected chi connectivity index (χ3v) is 4.18. The van der Waals surface area contributed by atoms with E-state index < -0.39 is 5.41 Å². The fourth-order valence-electron chi connectivity index (χ4n) is 2.34. The van der Waals surface area contributed by atoms with E-state index in [2.05, 4.69) is 23.9 Å². The van der Waals surface area contributed by atoms with Gasteiger partial charge in [0.15, 0.2) is 5.84 Å². The van der Waals surface area contributed by atoms with Gasteiger partial charge in [-0.15, -0.1) is 0 Å². The Bertz CT molecular complexity index is 349. The summed E-state index contributed by atoms with van der Waals surface area (Å²) in [6.45, 7) is 11.1. The van der Waals surface area contributed by atoms with Crippen molar-refractivity contribution in [1.82, 2.24) is 9.80 Å². The zero-order valence-electron chi connectivity index (χ0n) is 12.4. The monoisotopic (exact) mass is 270 g/mol. The van der Waals surface area contributed by atoms with Gasteiger partial charge in [0.05, 0.1) is 0 Å². The normalized spacial score (nSPS) is 21.5. The van der Waals surface area contributed by atoms with E-state index >= 15 is 0 Å². The average molecular weight is 270 g/mol. The summed E-state index contributed by atoms with van der Waals surface area (Å²) in [5, 5.41) is 11.9. The maximum atomic E-state index is 12.6. The Morgan fingerprint density at radius 1 is 1.37 bits per heavy atom. The molecule has 0 aromatic heterocycles. The van der Waals surface area contributed by atoms with E-state index in [0.717, 1.165) is 13.1 Å². The highest BCUT2D eigenvalue weighted by Gasteiger charge is 2.40. The molecular formula is C13H26N4O2. The quantitative estimate of drug-likeness (QED) is 0.341. The molecule has 1 heterocycles. The van der Waals surface area contributed by atoms with Crippen molar-refractivity contribution in [2.45, 2.75) is 40.2 Å². The molecule has 6 heteroatoms. The summed E-state index contributed by atoms with van der Waals surface area (Å²) in [5.74, 6) is -0.0556. The maximum Gasteiger partial charge on any atom is 0.236 e. The summed E-state index contributed by atoms with van der Waals surface area (Å²) in [4.78, 5) is 16.7. The van der Waals surface area contributed by atoms with Gasteiger partial charge >= 0.3 is 0 Å². The minimum Gasteiger partial charge on any atom is -0.409 e. The first-order valence-electron chi connectivity index (χ1n) is 6.88. The Balaban J connectivity index is 2.74. The second-order valence-electron chi connectivity index (χ2n) is 5.59. The van der Waals surface area contributed by atoms with Crippen LogP contribution in [0, 0.1) is 5.41 Å². The molecule has 0 aromatic carbocycles. The first-order chi connectivity index (χ1) is 8.86. The van der Waals surface area contributed by atoms with Gasteiger partial charge in [-0.1, -0.05) is 12.1 Å². The van der Waals surface area contributed by atoms with Crippen LogP contribution in [0.15, 0.2) is 5.16 Å². The number of hydrogen-bond acceptors (Lipinski definition) is 4. The average Bonchev–Trinajstić information content (AvgIpc) is 2.44. The van der Waals surface area contributed by atoms with Crippen molar-refractivity contribution >= 4 is 11.7 Å². The Kier molecular flexibility index (Phi) is 5.17. The molecule has 0 saturated carbocycles. The Morgan fingerprint density at radius 3 is 2.26 bits per heavy atom. The molecule has 0 aliphatic carbocycles. The lowest BCUT2D eigenvalue weighted by Crippen LogP contribution is -2.56. The Labute approximate surface area is 115 Å². The van der Waals surface area contributed by atoms with Gasteiger partial charge in [0, 0.05) is 32.2 Å². The number of rotatable bonds is 4. The van der Waals surface area contributed by atoms with Gasteiger partial charge in [-0.25, -0.2) is 0 Å². The lowest BCUT2D eigenvalue weighted by atomic mass is 9.84. The van der Waals surface area contributed by atoms with Crippen LogP contribution in [-0.4, -0.2) is 59.0 Å². The Hall–Kier alpha value is -1.30. The number of amides is 1. The maximum absolute atomic E-state index is 12.6. The third kappa shape index (κ3) is 3.18. The van der Waals surface area contributed by atoms with E-state index in [4.69, 9.17) is 10.9 Å². The van der Waals surface area contributed by atoms with Crippen LogP contribution >= 0.6 is 0 Å². The van der Waals surface area contributed by atoms with Crippen molar-refractivity contribution in [2.24, 2.45) is 16.3 Å². The summed E-state index contributed by atoms with van der Waals surface area (Å²) in [6.07, 6.45) is 0.520. The SMILES string of the molecule is CCC(C)(C(=O)N1CCN(C(C)C)CC1)C(N)=NO. The summed E-state index contributed by atoms with van der Waals surface area (Å²) >= 11 is 0. The van der Waals surface area contributed by atoms with Crippen LogP contribution in [0.1, 0.15) is 34.1 Å². The summed E-state index contributed by atoms with van der Waals surface area (Å²) < 4.78 is 0. The van der Waals surface area contributed by atoms with Gasteiger partial charge in [-0.3, -0.25) is 9.69 Å². The highest BCUT2D eigenvalue weighted by molar-refractivity contribution is 6.06. The molecule has 1 atom stereocenters. The molecule has 1 saturated heterocycles. The van der Waals surface area contributed by atoms with E-state index in [1.165, 1.54) is 0 Å². The minimum absolute atomic E-state index is 0.00807. The minimum atomic E-state index is -0.908. The van der Waals surface area contributed by atoms with Crippen molar-refractivity contribution in [1.29, 1.82) is 0 Å². The lowest BCUT2D eigenvalue weighted by Gasteiger charge is -2.40. The van der Waals surface area contributed by atoms with E-state index in [-0.39, 0.29) is 11.7 Å². The molecule has 0 spiro atoms. The molecule has 0 aromatic rings. The van der Waals surface area contributed by atoms with Crippen LogP contribution in [0.2, 0.25) is 0 Å². The van der Waals surface area contributed by atoms with Gasteiger partial charge in [-0.2, -0.15) is 0 Å². The number of carbonyl (C=O) groups excluding carboxylic acids is 1. The van der Waals surface area contributed by atoms with Crippen molar-refractivity contribution in [3.8, 4) is 0 Å². The number of nitrogens with two attached hydrogens (primary N) is 1. The zero-order chi connectivity index (χ0) is 14.6. The molecule has 1 amide bonds. The molecule has 110 valence electrons. The fraction of sp³-hybridized carbons (Fsp3) is 0.846. The van der Waals surface area contributed by atoms with Crippen molar-refractivity contribution in [3.05, 3.63) is 0 Å². The molecular weight excluding hydrogens is 244 g/mol. The second kappa shape index (κ2) is 6.23. The summed E-state index contributed by atoms with van der Waals surface area (Å²) in [7, 11) is 0. The predicted molar refractivity (Wildman–Crippen MR) is 75.1 cm³/mol. The van der Waals surface area contributed by atoms with Crippen molar-refractivity contribution in [2.75, 3.05) is 26.2 Å². The van der Waals surface area contributed by atoms with Gasteiger partial charge in [-0.05, 0) is 27.2 Å². The summed E-state index contributed by atoms with van der Waals surface area (Å²) in [6, 6.07) is 0.499. The van der Waals surface area contributed by atoms with Gasteiger partial charge in [0.2, 0.25) is 5.91 Å². The number of carbonyl (C=O) groups is 1. The molecule has 0 radical (unpaired) electrons. The van der Waals surface area contributed by atoms with Crippen LogP contribution in [-0.2, 0) is 4.79 Å². The highest BCUT2D eigenvalue weighted by atomic mass is 16.4. The largest absolute Gasteiger partial charge is 0.409 e. The van der Waals surface area contributed by atoms with Crippen LogP contribution in [0.3, 0.4) is 0 Å². The third-order valence-electron chi connectivity index (χ3n) is 4.18. The predicted octanol–water partition coefficient (Wildman–Crippen LogP) is 0.702. The number of piperazine rings is 1. The molecule has 1 unspecified atom stereocenters. The standard InChI is InChI=1S/C13H26N4O2/c1-5-13(4,11(14)15-19)12(18)17-8-6-16(7-9-17)10(2)3/h10,19H,5-9H2,1-4H3,(H2,14,15). The molecule has 1 aliphatic heterocycles. The molecule has 1 rings (SSSR count). The smallest absolute Gasteiger partial charge is 0.236 e. The summed E-state index contributed by atoms with van der Waals surface area (Å²) in [5.41, 5.74) is 4.78. The first kappa shape index (κ1) is 15.8. The van der Waals surface area contributed by atoms with Crippen LogP contribution in [0.4, 0.5) is 0 Å². The first-order valence-corrected chi connectivity index (χ1v) is 6.88. The number of nitrogens with zero attached hydrogens (tertiary/aromatic N) is 3. The van der Waals surface area contributed by atoms with Crippen LogP contribution in [0.25, 0.3) is 0 Å². The Morgan fingerprint density at radius 2 is 1.89 bits per heavy atom. The topological polar surface area (TPSA) is 82.2 Å². The van der Waals surface area contributed by atoms with E-state index in [1.54, 1.807) is 6.92 Å². The van der Waals surface area contributed by atoms with E-state index in [9.17, 15) is 4.79 Å².